The Balaban J connectivity index is 1.40. The van der Waals surface area contributed by atoms with Crippen molar-refractivity contribution in [2.75, 3.05) is 19.7 Å². The zero-order valence-electron chi connectivity index (χ0n) is 18.6. The zero-order valence-corrected chi connectivity index (χ0v) is 19.4. The van der Waals surface area contributed by atoms with Crippen LogP contribution in [0.25, 0.3) is 11.3 Å². The van der Waals surface area contributed by atoms with Gasteiger partial charge in [0.2, 0.25) is 0 Å². The first-order valence-corrected chi connectivity index (χ1v) is 12.3. The van der Waals surface area contributed by atoms with Gasteiger partial charge in [-0.2, -0.15) is 0 Å². The van der Waals surface area contributed by atoms with Gasteiger partial charge in [0.05, 0.1) is 18.1 Å². The van der Waals surface area contributed by atoms with Crippen molar-refractivity contribution < 1.29 is 38.3 Å². The monoisotopic (exact) mass is 515 g/mol. The fraction of sp³-hybridized carbons (Fsp3) is 0.591. The second-order valence-corrected chi connectivity index (χ2v) is 10.3. The first kappa shape index (κ1) is 24.9. The highest BCUT2D eigenvalue weighted by molar-refractivity contribution is 8.02. The lowest BCUT2D eigenvalue weighted by Crippen LogP contribution is -2.58. The van der Waals surface area contributed by atoms with Gasteiger partial charge >= 0.3 is 0 Å². The van der Waals surface area contributed by atoms with Gasteiger partial charge in [-0.05, 0) is 37.8 Å². The molecule has 2 aliphatic heterocycles. The van der Waals surface area contributed by atoms with E-state index in [-0.39, 0.29) is 11.3 Å². The Hall–Kier alpha value is -1.74. The van der Waals surface area contributed by atoms with Gasteiger partial charge in [0, 0.05) is 18.7 Å². The van der Waals surface area contributed by atoms with Crippen LogP contribution in [0.4, 0.5) is 13.2 Å². The lowest BCUT2D eigenvalue weighted by Gasteiger charge is -2.48. The van der Waals surface area contributed by atoms with Crippen LogP contribution in [0.1, 0.15) is 31.7 Å². The van der Waals surface area contributed by atoms with Crippen molar-refractivity contribution >= 4 is 11.8 Å². The van der Waals surface area contributed by atoms with Gasteiger partial charge in [0.1, 0.15) is 41.2 Å². The molecule has 0 bridgehead atoms. The van der Waals surface area contributed by atoms with Gasteiger partial charge in [0.25, 0.3) is 0 Å². The maximum atomic E-state index is 13.7. The number of ether oxygens (including phenoxy) is 1. The Kier molecular flexibility index (Phi) is 6.85. The molecule has 4 N–H and O–H groups in total. The van der Waals surface area contributed by atoms with E-state index in [1.54, 1.807) is 0 Å². The molecule has 3 fully saturated rings. The number of hydrogen-bond donors (Lipinski definition) is 4. The summed E-state index contributed by atoms with van der Waals surface area (Å²) < 4.78 is 47.6. The van der Waals surface area contributed by atoms with Crippen molar-refractivity contribution in [2.24, 2.45) is 0 Å². The number of rotatable bonds is 6. The molecule has 1 radical (unpaired) electrons. The minimum Gasteiger partial charge on any atom is -0.394 e. The van der Waals surface area contributed by atoms with Crippen molar-refractivity contribution in [1.29, 1.82) is 0 Å². The van der Waals surface area contributed by atoms with Crippen LogP contribution in [0.15, 0.2) is 18.3 Å². The average molecular weight is 516 g/mol. The first-order chi connectivity index (χ1) is 16.7. The van der Waals surface area contributed by atoms with E-state index in [0.29, 0.717) is 12.8 Å². The number of likely N-dealkylation sites (tertiary alicyclic amines) is 1. The zero-order chi connectivity index (χ0) is 24.9. The maximum absolute atomic E-state index is 13.7. The van der Waals surface area contributed by atoms with Crippen LogP contribution in [-0.2, 0) is 4.74 Å². The molecule has 0 unspecified atom stereocenters. The molecule has 6 atom stereocenters. The van der Waals surface area contributed by atoms with Crippen molar-refractivity contribution in [3.8, 4) is 11.3 Å². The molecule has 5 rings (SSSR count). The average Bonchev–Trinajstić information content (AvgIpc) is 3.40. The molecule has 13 heteroatoms. The third-order valence-corrected chi connectivity index (χ3v) is 8.40. The van der Waals surface area contributed by atoms with E-state index in [9.17, 15) is 33.6 Å². The van der Waals surface area contributed by atoms with Gasteiger partial charge in [-0.1, -0.05) is 5.21 Å². The summed E-state index contributed by atoms with van der Waals surface area (Å²) in [5.41, 5.74) is -2.11. The van der Waals surface area contributed by atoms with E-state index in [4.69, 9.17) is 4.74 Å². The summed E-state index contributed by atoms with van der Waals surface area (Å²) in [5, 5.41) is 51.5. The third-order valence-electron chi connectivity index (χ3n) is 6.96. The summed E-state index contributed by atoms with van der Waals surface area (Å²) in [5.74, 6) is -4.38. The minimum atomic E-state index is -1.61. The summed E-state index contributed by atoms with van der Waals surface area (Å²) in [7, 11) is 0. The Morgan fingerprint density at radius 1 is 1.11 bits per heavy atom. The molecule has 1 aromatic heterocycles. The van der Waals surface area contributed by atoms with Crippen molar-refractivity contribution in [3.05, 3.63) is 41.0 Å². The van der Waals surface area contributed by atoms with Gasteiger partial charge in [0.15, 0.2) is 17.5 Å². The Labute approximate surface area is 203 Å². The Morgan fingerprint density at radius 2 is 1.83 bits per heavy atom. The van der Waals surface area contributed by atoms with Crippen LogP contribution in [0.3, 0.4) is 0 Å². The van der Waals surface area contributed by atoms with E-state index in [1.165, 1.54) is 18.0 Å². The number of aliphatic hydroxyl groups excluding tert-OH is 3. The van der Waals surface area contributed by atoms with Crippen LogP contribution >= 0.6 is 11.8 Å². The summed E-state index contributed by atoms with van der Waals surface area (Å²) in [6, 6.07) is 0.423. The lowest BCUT2D eigenvalue weighted by atomic mass is 9.97. The summed E-state index contributed by atoms with van der Waals surface area (Å²) >= 11 is 1.18. The Morgan fingerprint density at radius 3 is 2.46 bits per heavy atom. The topological polar surface area (TPSA) is 124 Å². The van der Waals surface area contributed by atoms with Crippen LogP contribution in [0.2, 0.25) is 0 Å². The third kappa shape index (κ3) is 4.37. The number of aliphatic hydroxyl groups is 4. The molecule has 3 heterocycles. The largest absolute Gasteiger partial charge is 0.394 e. The molecule has 191 valence electrons. The molecule has 35 heavy (non-hydrogen) atoms. The van der Waals surface area contributed by atoms with Crippen molar-refractivity contribution in [3.63, 3.8) is 0 Å². The number of nitrogens with zero attached hydrogens (tertiary/aromatic N) is 4. The molecular formula is C22H26F3N4O5S. The molecule has 1 aromatic carbocycles. The predicted molar refractivity (Wildman–Crippen MR) is 118 cm³/mol. The van der Waals surface area contributed by atoms with E-state index in [1.807, 2.05) is 4.90 Å². The summed E-state index contributed by atoms with van der Waals surface area (Å²) in [4.78, 5) is 1.98. The number of benzene rings is 1. The molecule has 2 saturated heterocycles. The lowest BCUT2D eigenvalue weighted by molar-refractivity contribution is -0.179. The molecule has 9 nitrogen and oxygen atoms in total. The molecule has 1 aliphatic carbocycles. The highest BCUT2D eigenvalue weighted by Crippen LogP contribution is 2.51. The maximum Gasteiger partial charge on any atom is 0.194 e. The van der Waals surface area contributed by atoms with Crippen molar-refractivity contribution in [1.82, 2.24) is 19.9 Å². The normalized spacial score (nSPS) is 34.3. The quantitative estimate of drug-likeness (QED) is 0.420. The van der Waals surface area contributed by atoms with Gasteiger partial charge in [-0.3, -0.25) is 4.90 Å². The minimum absolute atomic E-state index is 0.00392. The van der Waals surface area contributed by atoms with Crippen LogP contribution in [0, 0.1) is 22.7 Å². The molecule has 2 aromatic rings. The second kappa shape index (κ2) is 9.61. The SMILES string of the molecule is OC[C@H]1O[C@@H](S[C]2CCC[C@@]2(O)N2CCC2)[C@H](O)[C@@H](n2cc(-c3cc(F)c(F)c(F)c3)nn2)[C@H]1O. The molecule has 0 amide bonds. The van der Waals surface area contributed by atoms with E-state index >= 15 is 0 Å². The van der Waals surface area contributed by atoms with E-state index in [0.717, 1.165) is 48.0 Å². The fourth-order valence-electron chi connectivity index (χ4n) is 4.88. The number of halogens is 3. The molecule has 1 saturated carbocycles. The van der Waals surface area contributed by atoms with Crippen LogP contribution in [-0.4, -0.2) is 89.5 Å². The number of hydrogen-bond acceptors (Lipinski definition) is 9. The molecule has 3 aliphatic rings. The van der Waals surface area contributed by atoms with E-state index in [2.05, 4.69) is 10.3 Å². The summed E-state index contributed by atoms with van der Waals surface area (Å²) in [6.07, 6.45) is 0.484. The standard InChI is InChI=1S/C22H26F3N4O5S/c23-12-7-11(8-13(24)17(12)25)14-9-29(27-26-14)18-19(31)15(10-30)34-21(20(18)32)35-16-3-1-4-22(16,33)28-5-2-6-28/h7-9,15,18-21,30-33H,1-6,10H2/t15-,18+,19+,20-,21+,22+/m1/s1. The van der Waals surface area contributed by atoms with Gasteiger partial charge in [-0.15, -0.1) is 16.9 Å². The molecular weight excluding hydrogens is 489 g/mol. The smallest absolute Gasteiger partial charge is 0.194 e. The fourth-order valence-corrected chi connectivity index (χ4v) is 6.35. The number of aromatic nitrogens is 3. The van der Waals surface area contributed by atoms with Crippen molar-refractivity contribution in [2.45, 2.75) is 61.2 Å². The van der Waals surface area contributed by atoms with Gasteiger partial charge in [-0.25, -0.2) is 17.9 Å². The highest BCUT2D eigenvalue weighted by Gasteiger charge is 2.53. The first-order valence-electron chi connectivity index (χ1n) is 11.4. The molecule has 0 spiro atoms. The van der Waals surface area contributed by atoms with Crippen LogP contribution < -0.4 is 0 Å². The highest BCUT2D eigenvalue weighted by atomic mass is 32.2. The van der Waals surface area contributed by atoms with Gasteiger partial charge < -0.3 is 25.2 Å². The van der Waals surface area contributed by atoms with Crippen LogP contribution in [0.5, 0.6) is 0 Å². The number of thioether (sulfide) groups is 1. The predicted octanol–water partition coefficient (Wildman–Crippen LogP) is 1.19. The summed E-state index contributed by atoms with van der Waals surface area (Å²) in [6.45, 7) is 1.02. The van der Waals surface area contributed by atoms with E-state index < -0.39 is 59.6 Å². The second-order valence-electron chi connectivity index (χ2n) is 9.09. The Bertz CT molecular complexity index is 1050.